The first-order valence-corrected chi connectivity index (χ1v) is 10.3. The molecule has 1 aromatic heterocycles. The van der Waals surface area contributed by atoms with Gasteiger partial charge in [0.25, 0.3) is 11.6 Å². The lowest BCUT2D eigenvalue weighted by Crippen LogP contribution is -2.27. The third kappa shape index (κ3) is 3.89. The molecule has 3 aromatic rings. The molecule has 2 aromatic carbocycles. The van der Waals surface area contributed by atoms with Crippen LogP contribution in [0.2, 0.25) is 5.02 Å². The summed E-state index contributed by atoms with van der Waals surface area (Å²) < 4.78 is 6.26. The van der Waals surface area contributed by atoms with Crippen molar-refractivity contribution in [1.82, 2.24) is 0 Å². The second kappa shape index (κ2) is 8.06. The van der Waals surface area contributed by atoms with Gasteiger partial charge in [-0.05, 0) is 48.9 Å². The average Bonchev–Trinajstić information content (AvgIpc) is 3.27. The van der Waals surface area contributed by atoms with Crippen LogP contribution in [0.3, 0.4) is 0 Å². The molecule has 0 atom stereocenters. The van der Waals surface area contributed by atoms with E-state index < -0.39 is 4.92 Å². The highest BCUT2D eigenvalue weighted by atomic mass is 35.5. The van der Waals surface area contributed by atoms with Crippen molar-refractivity contribution in [2.75, 3.05) is 4.90 Å². The number of anilines is 1. The van der Waals surface area contributed by atoms with Gasteiger partial charge in [-0.3, -0.25) is 19.8 Å². The van der Waals surface area contributed by atoms with Gasteiger partial charge in [-0.2, -0.15) is 0 Å². The van der Waals surface area contributed by atoms with Crippen molar-refractivity contribution in [1.29, 1.82) is 0 Å². The lowest BCUT2D eigenvalue weighted by Gasteiger charge is -2.14. The molecule has 0 aliphatic carbocycles. The number of halogens is 1. The van der Waals surface area contributed by atoms with Crippen molar-refractivity contribution >= 4 is 63.3 Å². The summed E-state index contributed by atoms with van der Waals surface area (Å²) in [5.74, 6) is 0.681. The number of hydrogen-bond donors (Lipinski definition) is 0. The number of thiocarbonyl (C=S) groups is 1. The van der Waals surface area contributed by atoms with Crippen molar-refractivity contribution in [3.8, 4) is 11.3 Å². The molecule has 0 unspecified atom stereocenters. The number of aryl methyl sites for hydroxylation is 1. The first kappa shape index (κ1) is 20.3. The fourth-order valence-corrected chi connectivity index (χ4v) is 4.38. The Kier molecular flexibility index (Phi) is 5.46. The SMILES string of the molecule is Cc1ccc([N+](=O)[O-])cc1-c1ccc(/C=C2/SC(=S)N(c3ccc(Cl)cc3)C2=O)o1. The van der Waals surface area contributed by atoms with E-state index in [1.54, 1.807) is 48.5 Å². The monoisotopic (exact) mass is 456 g/mol. The van der Waals surface area contributed by atoms with E-state index in [4.69, 9.17) is 28.2 Å². The van der Waals surface area contributed by atoms with Crippen LogP contribution in [0.4, 0.5) is 11.4 Å². The number of carbonyl (C=O) groups is 1. The van der Waals surface area contributed by atoms with Crippen LogP contribution < -0.4 is 4.90 Å². The Morgan fingerprint density at radius 3 is 2.60 bits per heavy atom. The molecule has 6 nitrogen and oxygen atoms in total. The summed E-state index contributed by atoms with van der Waals surface area (Å²) in [4.78, 5) is 25.3. The summed E-state index contributed by atoms with van der Waals surface area (Å²) in [7, 11) is 0. The molecule has 1 aliphatic heterocycles. The molecule has 2 heterocycles. The van der Waals surface area contributed by atoms with E-state index in [9.17, 15) is 14.9 Å². The summed E-state index contributed by atoms with van der Waals surface area (Å²) in [5, 5.41) is 11.6. The molecule has 1 saturated heterocycles. The first-order chi connectivity index (χ1) is 14.3. The Balaban J connectivity index is 1.63. The highest BCUT2D eigenvalue weighted by Crippen LogP contribution is 2.37. The standard InChI is InChI=1S/C21H13ClN2O4S2/c1-12-2-5-15(24(26)27)10-17(12)18-9-8-16(28-18)11-19-20(25)23(21(29)30-19)14-6-3-13(22)4-7-14/h2-11H,1H3/b19-11+. The predicted molar refractivity (Wildman–Crippen MR) is 123 cm³/mol. The minimum atomic E-state index is -0.450. The first-order valence-electron chi connectivity index (χ1n) is 8.72. The van der Waals surface area contributed by atoms with Crippen molar-refractivity contribution in [3.05, 3.63) is 86.0 Å². The normalized spacial score (nSPS) is 15.3. The van der Waals surface area contributed by atoms with Crippen LogP contribution in [0.1, 0.15) is 11.3 Å². The molecule has 30 heavy (non-hydrogen) atoms. The van der Waals surface area contributed by atoms with Crippen LogP contribution in [0.15, 0.2) is 63.9 Å². The number of thioether (sulfide) groups is 1. The number of nitro benzene ring substituents is 1. The largest absolute Gasteiger partial charge is 0.457 e. The molecule has 0 radical (unpaired) electrons. The van der Waals surface area contributed by atoms with Gasteiger partial charge < -0.3 is 4.42 Å². The zero-order chi connectivity index (χ0) is 21.4. The smallest absolute Gasteiger partial charge is 0.270 e. The minimum absolute atomic E-state index is 0.0163. The van der Waals surface area contributed by atoms with Crippen LogP contribution in [-0.2, 0) is 4.79 Å². The molecule has 9 heteroatoms. The van der Waals surface area contributed by atoms with Crippen molar-refractivity contribution < 1.29 is 14.1 Å². The fourth-order valence-electron chi connectivity index (χ4n) is 2.97. The van der Waals surface area contributed by atoms with Crippen LogP contribution in [0, 0.1) is 17.0 Å². The maximum Gasteiger partial charge on any atom is 0.270 e. The number of furan rings is 1. The van der Waals surface area contributed by atoms with Gasteiger partial charge in [0.1, 0.15) is 11.5 Å². The fraction of sp³-hybridized carbons (Fsp3) is 0.0476. The molecule has 4 rings (SSSR count). The number of non-ortho nitro benzene ring substituents is 1. The number of hydrogen-bond acceptors (Lipinski definition) is 6. The van der Waals surface area contributed by atoms with E-state index in [1.807, 2.05) is 6.92 Å². The molecule has 0 spiro atoms. The van der Waals surface area contributed by atoms with Gasteiger partial charge in [0, 0.05) is 28.8 Å². The predicted octanol–water partition coefficient (Wildman–Crippen LogP) is 6.22. The Bertz CT molecular complexity index is 1220. The Hall–Kier alpha value is -2.94. The number of amides is 1. The molecule has 1 amide bonds. The number of benzene rings is 2. The number of nitrogens with zero attached hydrogens (tertiary/aromatic N) is 2. The van der Waals surface area contributed by atoms with Crippen LogP contribution in [-0.4, -0.2) is 15.2 Å². The Morgan fingerprint density at radius 2 is 1.90 bits per heavy atom. The quantitative estimate of drug-likeness (QED) is 0.201. The van der Waals surface area contributed by atoms with Gasteiger partial charge >= 0.3 is 0 Å². The van der Waals surface area contributed by atoms with Crippen LogP contribution in [0.5, 0.6) is 0 Å². The lowest BCUT2D eigenvalue weighted by atomic mass is 10.1. The molecule has 1 aliphatic rings. The van der Waals surface area contributed by atoms with Gasteiger partial charge in [-0.25, -0.2) is 0 Å². The topological polar surface area (TPSA) is 76.6 Å². The maximum atomic E-state index is 12.9. The third-order valence-corrected chi connectivity index (χ3v) is 6.03. The molecule has 0 saturated carbocycles. The molecular weight excluding hydrogens is 444 g/mol. The van der Waals surface area contributed by atoms with Gasteiger partial charge in [0.2, 0.25) is 0 Å². The maximum absolute atomic E-state index is 12.9. The zero-order valence-corrected chi connectivity index (χ0v) is 17.9. The molecule has 1 fully saturated rings. The van der Waals surface area contributed by atoms with Crippen LogP contribution in [0.25, 0.3) is 17.4 Å². The summed E-state index contributed by atoms with van der Waals surface area (Å²) in [5.41, 5.74) is 2.09. The van der Waals surface area contributed by atoms with Crippen molar-refractivity contribution in [2.45, 2.75) is 6.92 Å². The Morgan fingerprint density at radius 1 is 1.17 bits per heavy atom. The van der Waals surface area contributed by atoms with E-state index >= 15 is 0 Å². The second-order valence-corrected chi connectivity index (χ2v) is 8.56. The van der Waals surface area contributed by atoms with Crippen molar-refractivity contribution in [2.24, 2.45) is 0 Å². The number of carbonyl (C=O) groups excluding carboxylic acids is 1. The van der Waals surface area contributed by atoms with Crippen molar-refractivity contribution in [3.63, 3.8) is 0 Å². The molecule has 150 valence electrons. The van der Waals surface area contributed by atoms with Crippen LogP contribution >= 0.6 is 35.6 Å². The number of rotatable bonds is 4. The van der Waals surface area contributed by atoms with E-state index in [1.165, 1.54) is 28.8 Å². The van der Waals surface area contributed by atoms with Gasteiger partial charge in [-0.1, -0.05) is 41.6 Å². The average molecular weight is 457 g/mol. The Labute approximate surface area is 186 Å². The minimum Gasteiger partial charge on any atom is -0.457 e. The summed E-state index contributed by atoms with van der Waals surface area (Å²) in [6.45, 7) is 1.85. The molecule has 0 N–H and O–H groups in total. The van der Waals surface area contributed by atoms with Gasteiger partial charge in [0.15, 0.2) is 4.32 Å². The van der Waals surface area contributed by atoms with E-state index in [-0.39, 0.29) is 11.6 Å². The molecule has 0 bridgehead atoms. The highest BCUT2D eigenvalue weighted by molar-refractivity contribution is 8.27. The molecular formula is C21H13ClN2O4S2. The van der Waals surface area contributed by atoms with Gasteiger partial charge in [0.05, 0.1) is 15.5 Å². The number of nitro groups is 1. The van der Waals surface area contributed by atoms with E-state index in [2.05, 4.69) is 0 Å². The summed E-state index contributed by atoms with van der Waals surface area (Å²) >= 11 is 12.5. The summed E-state index contributed by atoms with van der Waals surface area (Å²) in [6.07, 6.45) is 1.62. The highest BCUT2D eigenvalue weighted by Gasteiger charge is 2.33. The van der Waals surface area contributed by atoms with E-state index in [0.717, 1.165) is 5.56 Å². The van der Waals surface area contributed by atoms with Gasteiger partial charge in [-0.15, -0.1) is 0 Å². The lowest BCUT2D eigenvalue weighted by molar-refractivity contribution is -0.384. The summed E-state index contributed by atoms with van der Waals surface area (Å²) in [6, 6.07) is 14.9. The second-order valence-electron chi connectivity index (χ2n) is 6.45. The zero-order valence-electron chi connectivity index (χ0n) is 15.5. The third-order valence-electron chi connectivity index (χ3n) is 4.48. The van der Waals surface area contributed by atoms with E-state index in [0.29, 0.717) is 37.0 Å².